The van der Waals surface area contributed by atoms with E-state index in [2.05, 4.69) is 56.6 Å². The summed E-state index contributed by atoms with van der Waals surface area (Å²) < 4.78 is 6.04. The molecule has 0 aliphatic heterocycles. The molecule has 126 valence electrons. The second kappa shape index (κ2) is 9.56. The molecule has 0 unspecified atom stereocenters. The molecule has 2 aromatic carbocycles. The number of ether oxygens (including phenoxy) is 1. The Morgan fingerprint density at radius 2 is 1.79 bits per heavy atom. The lowest BCUT2D eigenvalue weighted by Crippen LogP contribution is -2.03. The zero-order chi connectivity index (χ0) is 17.5. The summed E-state index contributed by atoms with van der Waals surface area (Å²) in [6, 6.07) is 12.2. The molecule has 0 saturated heterocycles. The molecule has 0 radical (unpaired) electrons. The van der Waals surface area contributed by atoms with Crippen LogP contribution in [0.5, 0.6) is 5.75 Å². The molecule has 0 bridgehead atoms. The van der Waals surface area contributed by atoms with E-state index in [4.69, 9.17) is 17.0 Å². The summed E-state index contributed by atoms with van der Waals surface area (Å²) in [6.45, 7) is 4.33. The van der Waals surface area contributed by atoms with Gasteiger partial charge in [-0.05, 0) is 39.8 Å². The summed E-state index contributed by atoms with van der Waals surface area (Å²) in [4.78, 5) is 0. The first-order valence-corrected chi connectivity index (χ1v) is 9.63. The molecule has 0 saturated carbocycles. The lowest BCUT2D eigenvalue weighted by Gasteiger charge is -2.16. The van der Waals surface area contributed by atoms with E-state index in [9.17, 15) is 0 Å². The Kier molecular flexibility index (Phi) is 7.75. The van der Waals surface area contributed by atoms with Crippen molar-refractivity contribution in [3.8, 4) is 5.75 Å². The van der Waals surface area contributed by atoms with Crippen molar-refractivity contribution in [2.24, 2.45) is 0 Å². The predicted octanol–water partition coefficient (Wildman–Crippen LogP) is 5.74. The Bertz CT molecular complexity index is 708. The molecular formula is C19H20OS4. The third kappa shape index (κ3) is 5.06. The van der Waals surface area contributed by atoms with Gasteiger partial charge in [-0.3, -0.25) is 0 Å². The number of hydrogen-bond donors (Lipinski definition) is 3. The van der Waals surface area contributed by atoms with E-state index in [1.54, 1.807) is 5.37 Å². The van der Waals surface area contributed by atoms with E-state index in [1.165, 1.54) is 0 Å². The van der Waals surface area contributed by atoms with Crippen molar-refractivity contribution in [3.63, 3.8) is 0 Å². The summed E-state index contributed by atoms with van der Waals surface area (Å²) in [5.41, 5.74) is 5.32. The molecule has 0 atom stereocenters. The van der Waals surface area contributed by atoms with E-state index in [1.807, 2.05) is 30.3 Å². The Morgan fingerprint density at radius 1 is 1.12 bits per heavy atom. The number of hydrogen-bond acceptors (Lipinski definition) is 5. The van der Waals surface area contributed by atoms with Gasteiger partial charge in [-0.25, -0.2) is 0 Å². The zero-order valence-electron chi connectivity index (χ0n) is 13.2. The maximum absolute atomic E-state index is 6.11. The van der Waals surface area contributed by atoms with Gasteiger partial charge in [0.05, 0.1) is 4.58 Å². The molecular weight excluding hydrogens is 372 g/mol. The molecule has 0 spiro atoms. The lowest BCUT2D eigenvalue weighted by molar-refractivity contribution is 0.301. The smallest absolute Gasteiger partial charge is 0.127 e. The molecule has 2 aromatic rings. The minimum atomic E-state index is -0.0728. The van der Waals surface area contributed by atoms with Crippen LogP contribution in [0.2, 0.25) is 0 Å². The van der Waals surface area contributed by atoms with Gasteiger partial charge in [0, 0.05) is 17.7 Å². The van der Waals surface area contributed by atoms with Crippen molar-refractivity contribution in [2.45, 2.75) is 23.4 Å². The van der Waals surface area contributed by atoms with Gasteiger partial charge in [-0.2, -0.15) is 37.9 Å². The van der Waals surface area contributed by atoms with E-state index in [0.29, 0.717) is 18.8 Å². The molecule has 5 heteroatoms. The third-order valence-corrected chi connectivity index (χ3v) is 4.74. The van der Waals surface area contributed by atoms with Crippen molar-refractivity contribution >= 4 is 61.5 Å². The molecule has 24 heavy (non-hydrogen) atoms. The van der Waals surface area contributed by atoms with Crippen LogP contribution < -0.4 is 4.74 Å². The van der Waals surface area contributed by atoms with Gasteiger partial charge in [-0.1, -0.05) is 49.1 Å². The summed E-state index contributed by atoms with van der Waals surface area (Å²) in [7, 11) is 0. The van der Waals surface area contributed by atoms with Crippen molar-refractivity contribution in [1.29, 1.82) is 0 Å². The topological polar surface area (TPSA) is 9.23 Å². The van der Waals surface area contributed by atoms with Crippen LogP contribution >= 0.6 is 50.1 Å². The van der Waals surface area contributed by atoms with Crippen LogP contribution in [0.1, 0.15) is 32.4 Å². The van der Waals surface area contributed by atoms with Gasteiger partial charge in [0.15, 0.2) is 0 Å². The van der Waals surface area contributed by atoms with Crippen LogP contribution in [-0.2, 0) is 18.8 Å². The fraction of sp³-hybridized carbons (Fsp3) is 0.211. The second-order valence-electron chi connectivity index (χ2n) is 5.31. The highest BCUT2D eigenvalue weighted by Crippen LogP contribution is 2.30. The van der Waals surface area contributed by atoms with Crippen molar-refractivity contribution in [2.75, 3.05) is 0 Å². The quantitative estimate of drug-likeness (QED) is 0.300. The largest absolute Gasteiger partial charge is 0.488 e. The molecule has 2 rings (SSSR count). The number of rotatable bonds is 8. The first-order valence-electron chi connectivity index (χ1n) is 7.49. The fourth-order valence-corrected chi connectivity index (χ4v) is 3.14. The molecule has 0 N–H and O–H groups in total. The Labute approximate surface area is 165 Å². The average Bonchev–Trinajstić information content (AvgIpc) is 2.60. The normalized spacial score (nSPS) is 10.7. The van der Waals surface area contributed by atoms with E-state index >= 15 is 0 Å². The number of benzene rings is 2. The monoisotopic (exact) mass is 392 g/mol. The summed E-state index contributed by atoms with van der Waals surface area (Å²) in [6.07, 6.45) is 2.50. The fourth-order valence-electron chi connectivity index (χ4n) is 2.38. The third-order valence-electron chi connectivity index (χ3n) is 3.64. The van der Waals surface area contributed by atoms with Crippen molar-refractivity contribution < 1.29 is 4.74 Å². The molecule has 0 heterocycles. The Morgan fingerprint density at radius 3 is 2.33 bits per heavy atom. The molecule has 0 amide bonds. The highest BCUT2D eigenvalue weighted by atomic mass is 32.2. The number of thiocarbonyl (C=S) groups is 1. The summed E-state index contributed by atoms with van der Waals surface area (Å²) in [5, 5.41) is 1.71. The van der Waals surface area contributed by atoms with Crippen LogP contribution in [0.15, 0.2) is 43.0 Å². The van der Waals surface area contributed by atoms with Crippen LogP contribution in [0.25, 0.3) is 6.08 Å². The lowest BCUT2D eigenvalue weighted by atomic mass is 10.0. The van der Waals surface area contributed by atoms with E-state index < -0.39 is 0 Å². The van der Waals surface area contributed by atoms with Crippen LogP contribution in [0, 0.1) is 0 Å². The predicted molar refractivity (Wildman–Crippen MR) is 118 cm³/mol. The van der Waals surface area contributed by atoms with Crippen molar-refractivity contribution in [1.82, 2.24) is 0 Å². The Hall–Kier alpha value is -0.880. The van der Waals surface area contributed by atoms with Gasteiger partial charge in [-0.15, -0.1) is 0 Å². The summed E-state index contributed by atoms with van der Waals surface area (Å²) >= 11 is 18.1. The maximum atomic E-state index is 6.11. The van der Waals surface area contributed by atoms with Crippen molar-refractivity contribution in [3.05, 3.63) is 70.8 Å². The van der Waals surface area contributed by atoms with E-state index in [0.717, 1.165) is 33.6 Å². The number of thiol groups is 3. The second-order valence-corrected chi connectivity index (χ2v) is 7.39. The van der Waals surface area contributed by atoms with Crippen LogP contribution in [0.3, 0.4) is 0 Å². The zero-order valence-corrected chi connectivity index (χ0v) is 16.7. The highest BCUT2D eigenvalue weighted by Gasteiger charge is 2.11. The van der Waals surface area contributed by atoms with Gasteiger partial charge in [0.25, 0.3) is 0 Å². The van der Waals surface area contributed by atoms with Gasteiger partial charge in [0.2, 0.25) is 0 Å². The summed E-state index contributed by atoms with van der Waals surface area (Å²) in [5.74, 6) is 1.46. The molecule has 0 aromatic heterocycles. The SMILES string of the molecule is C=Cc1cc(CS)c(OCc2ccc(C(S)S)cc2)c(CC=S)c1. The first kappa shape index (κ1) is 19.4. The van der Waals surface area contributed by atoms with Crippen LogP contribution in [0.4, 0.5) is 0 Å². The van der Waals surface area contributed by atoms with Gasteiger partial charge >= 0.3 is 0 Å². The minimum absolute atomic E-state index is 0.0728. The molecule has 1 nitrogen and oxygen atoms in total. The maximum Gasteiger partial charge on any atom is 0.127 e. The Balaban J connectivity index is 2.24. The van der Waals surface area contributed by atoms with Gasteiger partial charge in [0.1, 0.15) is 12.4 Å². The molecule has 0 fully saturated rings. The average molecular weight is 393 g/mol. The molecule has 0 aliphatic rings. The molecule has 0 aliphatic carbocycles. The first-order chi connectivity index (χ1) is 11.6. The highest BCUT2D eigenvalue weighted by molar-refractivity contribution is 7.98. The minimum Gasteiger partial charge on any atom is -0.488 e. The van der Waals surface area contributed by atoms with Crippen LogP contribution in [-0.4, -0.2) is 5.37 Å². The standard InChI is InChI=1S/C19H20OS4/c1-2-13-9-16(7-8-21)18(17(10-13)12-22)20-11-14-3-5-15(6-4-14)19(23)24/h2-6,8-10,19,22-24H,1,7,11-12H2. The van der Waals surface area contributed by atoms with E-state index in [-0.39, 0.29) is 4.58 Å². The van der Waals surface area contributed by atoms with Gasteiger partial charge < -0.3 is 4.74 Å².